The van der Waals surface area contributed by atoms with E-state index < -0.39 is 0 Å². The number of fused-ring (bicyclic) bond motifs is 1. The number of nitrogen functional groups attached to an aromatic ring is 1. The highest BCUT2D eigenvalue weighted by Gasteiger charge is 2.19. The second-order valence-electron chi connectivity index (χ2n) is 3.96. The van der Waals surface area contributed by atoms with E-state index in [9.17, 15) is 0 Å². The van der Waals surface area contributed by atoms with Gasteiger partial charge in [-0.2, -0.15) is 0 Å². The van der Waals surface area contributed by atoms with Gasteiger partial charge in [-0.25, -0.2) is 9.97 Å². The predicted octanol–water partition coefficient (Wildman–Crippen LogP) is 1.68. The zero-order chi connectivity index (χ0) is 11.1. The number of nitrogens with two attached hydrogens (primary N) is 2. The maximum absolute atomic E-state index is 5.99. The Morgan fingerprint density at radius 2 is 1.69 bits per heavy atom. The van der Waals surface area contributed by atoms with Crippen molar-refractivity contribution in [1.29, 1.82) is 0 Å². The number of hydrogen-bond donors (Lipinski definition) is 2. The molecule has 2 aromatic rings. The van der Waals surface area contributed by atoms with Crippen LogP contribution < -0.4 is 11.5 Å². The number of nitrogens with zero attached hydrogens (tertiary/aromatic N) is 2. The van der Waals surface area contributed by atoms with Crippen LogP contribution in [0.4, 0.5) is 5.82 Å². The lowest BCUT2D eigenvalue weighted by molar-refractivity contribution is 1.24. The van der Waals surface area contributed by atoms with Crippen LogP contribution in [0.5, 0.6) is 0 Å². The predicted molar refractivity (Wildman–Crippen MR) is 64.3 cm³/mol. The number of aromatic nitrogens is 2. The molecule has 1 aromatic carbocycles. The van der Waals surface area contributed by atoms with E-state index in [0.29, 0.717) is 17.2 Å². The minimum Gasteiger partial charge on any atom is -0.397 e. The van der Waals surface area contributed by atoms with Gasteiger partial charge < -0.3 is 11.5 Å². The van der Waals surface area contributed by atoms with E-state index in [1.54, 1.807) is 0 Å². The minimum absolute atomic E-state index is 0.413. The Morgan fingerprint density at radius 3 is 2.31 bits per heavy atom. The van der Waals surface area contributed by atoms with Crippen LogP contribution in [0.3, 0.4) is 0 Å². The first-order chi connectivity index (χ1) is 7.75. The van der Waals surface area contributed by atoms with Crippen LogP contribution in [0.25, 0.3) is 16.7 Å². The van der Waals surface area contributed by atoms with Gasteiger partial charge in [-0.3, -0.25) is 0 Å². The lowest BCUT2D eigenvalue weighted by Crippen LogP contribution is -2.06. The summed E-state index contributed by atoms with van der Waals surface area (Å²) in [4.78, 5) is 8.77. The van der Waals surface area contributed by atoms with Crippen LogP contribution in [0.2, 0.25) is 0 Å². The third kappa shape index (κ3) is 1.39. The SMILES string of the molecule is NC(=C1CC1)c1nc2ccccc2nc1N. The van der Waals surface area contributed by atoms with Gasteiger partial charge >= 0.3 is 0 Å². The maximum Gasteiger partial charge on any atom is 0.152 e. The summed E-state index contributed by atoms with van der Waals surface area (Å²) in [6.45, 7) is 0. The van der Waals surface area contributed by atoms with E-state index in [0.717, 1.165) is 23.9 Å². The van der Waals surface area contributed by atoms with Gasteiger partial charge in [0.25, 0.3) is 0 Å². The van der Waals surface area contributed by atoms with E-state index in [-0.39, 0.29) is 0 Å². The Balaban J connectivity index is 2.25. The molecule has 0 unspecified atom stereocenters. The highest BCUT2D eigenvalue weighted by atomic mass is 14.9. The summed E-state index contributed by atoms with van der Waals surface area (Å²) in [6.07, 6.45) is 2.11. The number of benzene rings is 1. The van der Waals surface area contributed by atoms with Gasteiger partial charge in [0, 0.05) is 0 Å². The summed E-state index contributed by atoms with van der Waals surface area (Å²) in [5, 5.41) is 0. The van der Waals surface area contributed by atoms with Gasteiger partial charge in [0.15, 0.2) is 5.82 Å². The number of rotatable bonds is 1. The average molecular weight is 212 g/mol. The number of hydrogen-bond acceptors (Lipinski definition) is 4. The van der Waals surface area contributed by atoms with Crippen molar-refractivity contribution in [3.63, 3.8) is 0 Å². The van der Waals surface area contributed by atoms with E-state index in [1.807, 2.05) is 24.3 Å². The molecule has 4 nitrogen and oxygen atoms in total. The first-order valence-corrected chi connectivity index (χ1v) is 5.26. The fourth-order valence-electron chi connectivity index (χ4n) is 1.71. The van der Waals surface area contributed by atoms with Gasteiger partial charge in [0.2, 0.25) is 0 Å². The molecule has 0 atom stereocenters. The van der Waals surface area contributed by atoms with Crippen LogP contribution in [0.15, 0.2) is 29.8 Å². The molecule has 4 heteroatoms. The Bertz CT molecular complexity index is 595. The highest BCUT2D eigenvalue weighted by molar-refractivity contribution is 5.81. The maximum atomic E-state index is 5.99. The number of para-hydroxylation sites is 2. The molecule has 16 heavy (non-hydrogen) atoms. The van der Waals surface area contributed by atoms with Crippen molar-refractivity contribution >= 4 is 22.5 Å². The lowest BCUT2D eigenvalue weighted by Gasteiger charge is -2.05. The smallest absolute Gasteiger partial charge is 0.152 e. The molecule has 1 fully saturated rings. The molecule has 0 radical (unpaired) electrons. The molecule has 80 valence electrons. The van der Waals surface area contributed by atoms with Crippen LogP contribution in [-0.4, -0.2) is 9.97 Å². The van der Waals surface area contributed by atoms with Gasteiger partial charge in [0.1, 0.15) is 5.69 Å². The van der Waals surface area contributed by atoms with Gasteiger partial charge in [0.05, 0.1) is 16.7 Å². The Labute approximate surface area is 93.0 Å². The summed E-state index contributed by atoms with van der Waals surface area (Å²) in [5.41, 5.74) is 16.1. The van der Waals surface area contributed by atoms with Gasteiger partial charge in [-0.1, -0.05) is 12.1 Å². The molecule has 3 rings (SSSR count). The number of allylic oxidation sites excluding steroid dienone is 1. The summed E-state index contributed by atoms with van der Waals surface area (Å²) >= 11 is 0. The second-order valence-corrected chi connectivity index (χ2v) is 3.96. The van der Waals surface area contributed by atoms with Gasteiger partial charge in [-0.05, 0) is 30.5 Å². The highest BCUT2D eigenvalue weighted by Crippen LogP contribution is 2.34. The fourth-order valence-corrected chi connectivity index (χ4v) is 1.71. The molecule has 1 aliphatic rings. The standard InChI is InChI=1S/C12H12N4/c13-10(7-5-6-7)11-12(14)16-9-4-2-1-3-8(9)15-11/h1-4H,5-6,13H2,(H2,14,16). The van der Waals surface area contributed by atoms with Crippen molar-refractivity contribution in [3.8, 4) is 0 Å². The molecule has 0 bridgehead atoms. The first kappa shape index (κ1) is 9.15. The Morgan fingerprint density at radius 1 is 1.06 bits per heavy atom. The molecule has 0 amide bonds. The first-order valence-electron chi connectivity index (χ1n) is 5.26. The van der Waals surface area contributed by atoms with E-state index >= 15 is 0 Å². The second kappa shape index (κ2) is 3.20. The van der Waals surface area contributed by atoms with Gasteiger partial charge in [-0.15, -0.1) is 0 Å². The fraction of sp³-hybridized carbons (Fsp3) is 0.167. The summed E-state index contributed by atoms with van der Waals surface area (Å²) in [7, 11) is 0. The van der Waals surface area contributed by atoms with Crippen LogP contribution in [0, 0.1) is 0 Å². The van der Waals surface area contributed by atoms with Crippen molar-refractivity contribution in [2.24, 2.45) is 5.73 Å². The molecular weight excluding hydrogens is 200 g/mol. The zero-order valence-electron chi connectivity index (χ0n) is 8.77. The van der Waals surface area contributed by atoms with Crippen molar-refractivity contribution in [2.45, 2.75) is 12.8 Å². The third-order valence-corrected chi connectivity index (χ3v) is 2.73. The normalized spacial score (nSPS) is 14.1. The topological polar surface area (TPSA) is 77.8 Å². The van der Waals surface area contributed by atoms with Crippen molar-refractivity contribution < 1.29 is 0 Å². The largest absolute Gasteiger partial charge is 0.397 e. The van der Waals surface area contributed by atoms with Crippen LogP contribution >= 0.6 is 0 Å². The molecule has 1 aliphatic carbocycles. The number of anilines is 1. The van der Waals surface area contributed by atoms with Crippen molar-refractivity contribution in [1.82, 2.24) is 9.97 Å². The Hall–Kier alpha value is -2.10. The molecule has 1 saturated carbocycles. The molecule has 1 aromatic heterocycles. The monoisotopic (exact) mass is 212 g/mol. The molecule has 0 spiro atoms. The van der Waals surface area contributed by atoms with E-state index in [4.69, 9.17) is 11.5 Å². The molecule has 0 aliphatic heterocycles. The quantitative estimate of drug-likeness (QED) is 0.753. The van der Waals surface area contributed by atoms with Crippen molar-refractivity contribution in [3.05, 3.63) is 35.5 Å². The molecular formula is C12H12N4. The summed E-state index contributed by atoms with van der Waals surface area (Å²) in [6, 6.07) is 7.65. The minimum atomic E-state index is 0.413. The summed E-state index contributed by atoms with van der Waals surface area (Å²) < 4.78 is 0. The zero-order valence-corrected chi connectivity index (χ0v) is 8.77. The van der Waals surface area contributed by atoms with Crippen molar-refractivity contribution in [2.75, 3.05) is 5.73 Å². The van der Waals surface area contributed by atoms with Crippen LogP contribution in [0.1, 0.15) is 18.5 Å². The molecule has 0 saturated heterocycles. The third-order valence-electron chi connectivity index (χ3n) is 2.73. The average Bonchev–Trinajstić information content (AvgIpc) is 3.11. The van der Waals surface area contributed by atoms with E-state index in [1.165, 1.54) is 5.57 Å². The molecule has 1 heterocycles. The Kier molecular flexibility index (Phi) is 1.83. The van der Waals surface area contributed by atoms with Crippen LogP contribution in [-0.2, 0) is 0 Å². The molecule has 4 N–H and O–H groups in total. The summed E-state index contributed by atoms with van der Waals surface area (Å²) in [5.74, 6) is 0.413. The lowest BCUT2D eigenvalue weighted by atomic mass is 10.2. The van der Waals surface area contributed by atoms with E-state index in [2.05, 4.69) is 9.97 Å².